The smallest absolute Gasteiger partial charge is 0.417 e. The van der Waals surface area contributed by atoms with Gasteiger partial charge in [0.05, 0.1) is 33.0 Å². The summed E-state index contributed by atoms with van der Waals surface area (Å²) < 4.78 is 47.7. The third-order valence-electron chi connectivity index (χ3n) is 4.09. The van der Waals surface area contributed by atoms with Gasteiger partial charge in [0.2, 0.25) is 0 Å². The zero-order valence-electron chi connectivity index (χ0n) is 14.0. The van der Waals surface area contributed by atoms with Crippen LogP contribution in [0.5, 0.6) is 0 Å². The molecule has 10 heteroatoms. The van der Waals surface area contributed by atoms with Crippen LogP contribution in [0.2, 0.25) is 15.1 Å². The second kappa shape index (κ2) is 6.69. The Morgan fingerprint density at radius 2 is 1.75 bits per heavy atom. The van der Waals surface area contributed by atoms with E-state index in [1.165, 1.54) is 36.1 Å². The van der Waals surface area contributed by atoms with Gasteiger partial charge in [-0.2, -0.15) is 18.3 Å². The van der Waals surface area contributed by atoms with E-state index >= 15 is 0 Å². The molecule has 3 heterocycles. The summed E-state index contributed by atoms with van der Waals surface area (Å²) in [6.45, 7) is 1.46. The van der Waals surface area contributed by atoms with Crippen molar-refractivity contribution in [1.29, 1.82) is 0 Å². The second-order valence-corrected chi connectivity index (χ2v) is 7.19. The average Bonchev–Trinajstić information content (AvgIpc) is 3.22. The number of nitrogens with zero attached hydrogens (tertiary/aromatic N) is 3. The Labute approximate surface area is 171 Å². The minimum Gasteiger partial charge on any atom is -0.463 e. The summed E-state index contributed by atoms with van der Waals surface area (Å²) in [5.74, 6) is 0.186. The molecule has 3 aromatic heterocycles. The number of furan rings is 1. The minimum absolute atomic E-state index is 0.00665. The summed E-state index contributed by atoms with van der Waals surface area (Å²) in [5, 5.41) is 4.61. The molecule has 0 N–H and O–H groups in total. The zero-order chi connectivity index (χ0) is 20.2. The molecule has 0 amide bonds. The van der Waals surface area contributed by atoms with Gasteiger partial charge < -0.3 is 4.42 Å². The van der Waals surface area contributed by atoms with Crippen LogP contribution in [-0.4, -0.2) is 14.8 Å². The molecule has 0 saturated carbocycles. The van der Waals surface area contributed by atoms with Gasteiger partial charge in [0.1, 0.15) is 11.4 Å². The standard InChI is InChI=1S/C18H9Cl3F3N3O/c1-8-15-10(18(22,23)24)7-13(14-3-2-4-28-14)25-17(15)27(26-8)16-11(20)5-9(19)6-12(16)21/h2-7H,1H3. The van der Waals surface area contributed by atoms with Gasteiger partial charge in [-0.05, 0) is 37.3 Å². The third-order valence-corrected chi connectivity index (χ3v) is 4.88. The molecule has 0 bridgehead atoms. The summed E-state index contributed by atoms with van der Waals surface area (Å²) in [5.41, 5.74) is -0.614. The van der Waals surface area contributed by atoms with Crippen molar-refractivity contribution in [3.05, 3.63) is 62.9 Å². The molecule has 0 radical (unpaired) electrons. The summed E-state index contributed by atoms with van der Waals surface area (Å²) in [4.78, 5) is 4.35. The van der Waals surface area contributed by atoms with Gasteiger partial charge in [-0.15, -0.1) is 0 Å². The van der Waals surface area contributed by atoms with Gasteiger partial charge in [-0.1, -0.05) is 34.8 Å². The van der Waals surface area contributed by atoms with Crippen LogP contribution in [0.3, 0.4) is 0 Å². The van der Waals surface area contributed by atoms with Crippen LogP contribution in [0.15, 0.2) is 41.0 Å². The fourth-order valence-corrected chi connectivity index (χ4v) is 3.93. The van der Waals surface area contributed by atoms with E-state index in [0.717, 1.165) is 6.07 Å². The highest BCUT2D eigenvalue weighted by atomic mass is 35.5. The molecule has 0 fully saturated rings. The maximum absolute atomic E-state index is 13.8. The van der Waals surface area contributed by atoms with Crippen LogP contribution < -0.4 is 0 Å². The molecule has 144 valence electrons. The average molecular weight is 447 g/mol. The van der Waals surface area contributed by atoms with E-state index in [1.54, 1.807) is 6.07 Å². The van der Waals surface area contributed by atoms with Gasteiger partial charge in [0.15, 0.2) is 11.4 Å². The van der Waals surface area contributed by atoms with Crippen LogP contribution in [0.4, 0.5) is 13.2 Å². The highest BCUT2D eigenvalue weighted by Gasteiger charge is 2.36. The first kappa shape index (κ1) is 19.1. The Balaban J connectivity index is 2.12. The Morgan fingerprint density at radius 1 is 1.07 bits per heavy atom. The molecule has 0 aliphatic heterocycles. The SMILES string of the molecule is Cc1nn(-c2c(Cl)cc(Cl)cc2Cl)c2nc(-c3ccco3)cc(C(F)(F)F)c12. The summed E-state index contributed by atoms with van der Waals surface area (Å²) >= 11 is 18.4. The lowest BCUT2D eigenvalue weighted by Crippen LogP contribution is -2.08. The van der Waals surface area contributed by atoms with Gasteiger partial charge in [0, 0.05) is 5.02 Å². The number of rotatable bonds is 2. The van der Waals surface area contributed by atoms with E-state index in [4.69, 9.17) is 39.2 Å². The maximum Gasteiger partial charge on any atom is 0.417 e. The predicted molar refractivity (Wildman–Crippen MR) is 101 cm³/mol. The molecule has 0 spiro atoms. The number of aromatic nitrogens is 3. The lowest BCUT2D eigenvalue weighted by atomic mass is 10.1. The van der Waals surface area contributed by atoms with E-state index in [0.29, 0.717) is 0 Å². The Morgan fingerprint density at radius 3 is 2.32 bits per heavy atom. The molecule has 0 atom stereocenters. The summed E-state index contributed by atoms with van der Waals surface area (Å²) in [6, 6.07) is 6.86. The fourth-order valence-electron chi connectivity index (χ4n) is 2.96. The molecule has 0 aliphatic carbocycles. The van der Waals surface area contributed by atoms with Gasteiger partial charge in [-0.25, -0.2) is 9.67 Å². The maximum atomic E-state index is 13.8. The third kappa shape index (κ3) is 3.13. The van der Waals surface area contributed by atoms with Gasteiger partial charge in [-0.3, -0.25) is 0 Å². The topological polar surface area (TPSA) is 43.9 Å². The van der Waals surface area contributed by atoms with Gasteiger partial charge in [0.25, 0.3) is 0 Å². The first-order valence-corrected chi connectivity index (χ1v) is 8.96. The lowest BCUT2D eigenvalue weighted by Gasteiger charge is -2.12. The monoisotopic (exact) mass is 445 g/mol. The molecule has 0 saturated heterocycles. The number of pyridine rings is 1. The van der Waals surface area contributed by atoms with Crippen LogP contribution in [0, 0.1) is 6.92 Å². The van der Waals surface area contributed by atoms with Crippen molar-refractivity contribution in [2.45, 2.75) is 13.1 Å². The number of benzene rings is 1. The zero-order valence-corrected chi connectivity index (χ0v) is 16.2. The van der Waals surface area contributed by atoms with Crippen LogP contribution in [0.1, 0.15) is 11.3 Å². The van der Waals surface area contributed by atoms with E-state index in [9.17, 15) is 13.2 Å². The number of halogens is 6. The normalized spacial score (nSPS) is 12.1. The molecule has 1 aromatic carbocycles. The quantitative estimate of drug-likeness (QED) is 0.334. The molecule has 28 heavy (non-hydrogen) atoms. The van der Waals surface area contributed by atoms with Crippen molar-refractivity contribution in [2.75, 3.05) is 0 Å². The van der Waals surface area contributed by atoms with Crippen LogP contribution >= 0.6 is 34.8 Å². The van der Waals surface area contributed by atoms with E-state index in [1.807, 2.05) is 0 Å². The van der Waals surface area contributed by atoms with Gasteiger partial charge >= 0.3 is 6.18 Å². The second-order valence-electron chi connectivity index (χ2n) is 5.94. The van der Waals surface area contributed by atoms with Crippen molar-refractivity contribution in [3.63, 3.8) is 0 Å². The highest BCUT2D eigenvalue weighted by molar-refractivity contribution is 6.40. The summed E-state index contributed by atoms with van der Waals surface area (Å²) in [7, 11) is 0. The number of hydrogen-bond acceptors (Lipinski definition) is 3. The molecular weight excluding hydrogens is 438 g/mol. The lowest BCUT2D eigenvalue weighted by molar-refractivity contribution is -0.136. The molecular formula is C18H9Cl3F3N3O. The van der Waals surface area contributed by atoms with E-state index < -0.39 is 11.7 Å². The number of aryl methyl sites for hydroxylation is 1. The predicted octanol–water partition coefficient (Wildman–Crippen LogP) is 6.97. The highest BCUT2D eigenvalue weighted by Crippen LogP contribution is 2.40. The molecule has 4 aromatic rings. The van der Waals surface area contributed by atoms with E-state index in [-0.39, 0.29) is 48.9 Å². The molecule has 4 nitrogen and oxygen atoms in total. The van der Waals surface area contributed by atoms with Crippen LogP contribution in [-0.2, 0) is 6.18 Å². The van der Waals surface area contributed by atoms with Crippen LogP contribution in [0.25, 0.3) is 28.2 Å². The van der Waals surface area contributed by atoms with Crippen molar-refractivity contribution in [2.24, 2.45) is 0 Å². The van der Waals surface area contributed by atoms with Crippen molar-refractivity contribution in [3.8, 4) is 17.1 Å². The Hall–Kier alpha value is -2.22. The number of hydrogen-bond donors (Lipinski definition) is 0. The first-order valence-electron chi connectivity index (χ1n) is 7.83. The number of alkyl halides is 3. The van der Waals surface area contributed by atoms with Crippen molar-refractivity contribution < 1.29 is 17.6 Å². The van der Waals surface area contributed by atoms with Crippen molar-refractivity contribution >= 4 is 45.8 Å². The Kier molecular flexibility index (Phi) is 4.56. The summed E-state index contributed by atoms with van der Waals surface area (Å²) in [6.07, 6.45) is -3.28. The van der Waals surface area contributed by atoms with Crippen molar-refractivity contribution in [1.82, 2.24) is 14.8 Å². The molecule has 4 rings (SSSR count). The largest absolute Gasteiger partial charge is 0.463 e. The fraction of sp³-hybridized carbons (Fsp3) is 0.111. The minimum atomic E-state index is -4.63. The van der Waals surface area contributed by atoms with E-state index in [2.05, 4.69) is 10.1 Å². The Bertz CT molecular complexity index is 1180. The molecule has 0 unspecified atom stereocenters. The first-order chi connectivity index (χ1) is 13.2. The molecule has 0 aliphatic rings. The number of fused-ring (bicyclic) bond motifs is 1.